The Morgan fingerprint density at radius 2 is 2.15 bits per heavy atom. The number of amidine groups is 1. The number of aryl methyl sites for hydroxylation is 2. The van der Waals surface area contributed by atoms with E-state index < -0.39 is 0 Å². The molecule has 0 bridgehead atoms. The van der Waals surface area contributed by atoms with Crippen molar-refractivity contribution in [2.45, 2.75) is 13.5 Å². The molecule has 0 atom stereocenters. The van der Waals surface area contributed by atoms with Crippen LogP contribution in [0.25, 0.3) is 0 Å². The van der Waals surface area contributed by atoms with Crippen LogP contribution in [-0.4, -0.2) is 15.6 Å². The lowest BCUT2D eigenvalue weighted by atomic mass is 10.2. The fraction of sp³-hybridized carbons (Fsp3) is 0.231. The molecule has 3 N–H and O–H groups in total. The third-order valence-electron chi connectivity index (χ3n) is 2.87. The first-order chi connectivity index (χ1) is 9.41. The van der Waals surface area contributed by atoms with Crippen LogP contribution in [0.2, 0.25) is 10.0 Å². The minimum atomic E-state index is -0.141. The maximum absolute atomic E-state index is 7.56. The molecule has 2 rings (SSSR count). The molecule has 0 aliphatic carbocycles. The molecule has 0 unspecified atom stereocenters. The van der Waals surface area contributed by atoms with Gasteiger partial charge in [0.1, 0.15) is 18.2 Å². The van der Waals surface area contributed by atoms with Crippen molar-refractivity contribution < 1.29 is 4.74 Å². The largest absolute Gasteiger partial charge is 0.486 e. The zero-order valence-corrected chi connectivity index (χ0v) is 12.6. The average Bonchev–Trinajstić information content (AvgIpc) is 2.61. The molecular formula is C13H14Cl2N4O. The third kappa shape index (κ3) is 2.73. The number of benzene rings is 1. The fourth-order valence-electron chi connectivity index (χ4n) is 1.87. The first kappa shape index (κ1) is 14.7. The predicted octanol–water partition coefficient (Wildman–Crippen LogP) is 2.90. The topological polar surface area (TPSA) is 76.9 Å². The van der Waals surface area contributed by atoms with Crippen molar-refractivity contribution in [1.29, 1.82) is 5.41 Å². The molecule has 0 spiro atoms. The van der Waals surface area contributed by atoms with E-state index in [2.05, 4.69) is 5.10 Å². The van der Waals surface area contributed by atoms with Crippen LogP contribution in [0, 0.1) is 12.3 Å². The number of rotatable bonds is 4. The number of nitrogens with zero attached hydrogens (tertiary/aromatic N) is 2. The number of halogens is 2. The van der Waals surface area contributed by atoms with E-state index in [4.69, 9.17) is 39.1 Å². The van der Waals surface area contributed by atoms with Gasteiger partial charge in [0.05, 0.1) is 27.0 Å². The molecule has 0 saturated carbocycles. The van der Waals surface area contributed by atoms with Gasteiger partial charge in [0.2, 0.25) is 0 Å². The van der Waals surface area contributed by atoms with E-state index in [0.29, 0.717) is 21.4 Å². The van der Waals surface area contributed by atoms with E-state index in [9.17, 15) is 0 Å². The monoisotopic (exact) mass is 312 g/mol. The van der Waals surface area contributed by atoms with Crippen LogP contribution >= 0.6 is 23.2 Å². The Hall–Kier alpha value is -1.72. The summed E-state index contributed by atoms with van der Waals surface area (Å²) < 4.78 is 7.35. The quantitative estimate of drug-likeness (QED) is 0.673. The Kier molecular flexibility index (Phi) is 4.20. The van der Waals surface area contributed by atoms with Crippen molar-refractivity contribution in [1.82, 2.24) is 9.78 Å². The van der Waals surface area contributed by atoms with Crippen LogP contribution in [-0.2, 0) is 13.7 Å². The normalized spacial score (nSPS) is 10.6. The average molecular weight is 313 g/mol. The van der Waals surface area contributed by atoms with Gasteiger partial charge in [-0.15, -0.1) is 0 Å². The first-order valence-electron chi connectivity index (χ1n) is 5.85. The summed E-state index contributed by atoms with van der Waals surface area (Å²) >= 11 is 12.2. The molecule has 2 aromatic rings. The highest BCUT2D eigenvalue weighted by atomic mass is 35.5. The highest BCUT2D eigenvalue weighted by molar-refractivity contribution is 6.34. The van der Waals surface area contributed by atoms with Gasteiger partial charge in [-0.25, -0.2) is 0 Å². The molecule has 0 aliphatic heterocycles. The molecule has 0 fully saturated rings. The SMILES string of the molecule is Cc1nn(C)c(COc2cccc(Cl)c2C(=N)N)c1Cl. The number of ether oxygens (including phenoxy) is 1. The standard InChI is InChI=1S/C13H14Cl2N4O/c1-7-12(15)9(19(2)18-7)6-20-10-5-3-4-8(14)11(10)13(16)17/h3-5H,6H2,1-2H3,(H3,16,17). The molecule has 1 heterocycles. The smallest absolute Gasteiger partial charge is 0.132 e. The van der Waals surface area contributed by atoms with Gasteiger partial charge in [-0.2, -0.15) is 5.10 Å². The maximum Gasteiger partial charge on any atom is 0.132 e. The summed E-state index contributed by atoms with van der Waals surface area (Å²) in [5.74, 6) is 0.304. The molecule has 0 saturated heterocycles. The molecule has 1 aromatic heterocycles. The highest BCUT2D eigenvalue weighted by Gasteiger charge is 2.15. The van der Waals surface area contributed by atoms with Crippen molar-refractivity contribution in [3.63, 3.8) is 0 Å². The van der Waals surface area contributed by atoms with E-state index in [1.807, 2.05) is 6.92 Å². The van der Waals surface area contributed by atoms with Crippen LogP contribution < -0.4 is 10.5 Å². The van der Waals surface area contributed by atoms with Gasteiger partial charge in [-0.05, 0) is 19.1 Å². The third-order valence-corrected chi connectivity index (χ3v) is 3.68. The lowest BCUT2D eigenvalue weighted by Gasteiger charge is -2.12. The zero-order valence-electron chi connectivity index (χ0n) is 11.1. The van der Waals surface area contributed by atoms with Crippen molar-refractivity contribution in [2.75, 3.05) is 0 Å². The van der Waals surface area contributed by atoms with E-state index in [1.165, 1.54) is 0 Å². The zero-order chi connectivity index (χ0) is 14.9. The summed E-state index contributed by atoms with van der Waals surface area (Å²) in [5, 5.41) is 12.7. The van der Waals surface area contributed by atoms with Crippen molar-refractivity contribution >= 4 is 29.0 Å². The van der Waals surface area contributed by atoms with E-state index in [-0.39, 0.29) is 12.4 Å². The Morgan fingerprint density at radius 1 is 1.45 bits per heavy atom. The summed E-state index contributed by atoms with van der Waals surface area (Å²) in [4.78, 5) is 0. The summed E-state index contributed by atoms with van der Waals surface area (Å²) in [6, 6.07) is 5.10. The molecule has 1 aromatic carbocycles. The maximum atomic E-state index is 7.56. The van der Waals surface area contributed by atoms with E-state index >= 15 is 0 Å². The highest BCUT2D eigenvalue weighted by Crippen LogP contribution is 2.28. The predicted molar refractivity (Wildman–Crippen MR) is 79.8 cm³/mol. The Balaban J connectivity index is 2.28. The van der Waals surface area contributed by atoms with Gasteiger partial charge < -0.3 is 10.5 Å². The van der Waals surface area contributed by atoms with Crippen LogP contribution in [0.15, 0.2) is 18.2 Å². The lowest BCUT2D eigenvalue weighted by molar-refractivity contribution is 0.294. The van der Waals surface area contributed by atoms with Gasteiger partial charge in [0, 0.05) is 7.05 Å². The Bertz CT molecular complexity index is 667. The second-order valence-corrected chi connectivity index (χ2v) is 5.07. The summed E-state index contributed by atoms with van der Waals surface area (Å²) in [6.45, 7) is 2.04. The molecule has 7 heteroatoms. The van der Waals surface area contributed by atoms with Crippen molar-refractivity contribution in [2.24, 2.45) is 12.8 Å². The number of nitrogens with one attached hydrogen (secondary N) is 1. The second-order valence-electron chi connectivity index (χ2n) is 4.29. The van der Waals surface area contributed by atoms with Crippen LogP contribution in [0.4, 0.5) is 0 Å². The molecule has 5 nitrogen and oxygen atoms in total. The minimum Gasteiger partial charge on any atom is -0.486 e. The summed E-state index contributed by atoms with van der Waals surface area (Å²) in [5.41, 5.74) is 7.39. The van der Waals surface area contributed by atoms with Crippen LogP contribution in [0.1, 0.15) is 17.0 Å². The minimum absolute atomic E-state index is 0.141. The van der Waals surface area contributed by atoms with Gasteiger partial charge in [-0.3, -0.25) is 10.1 Å². The molecule has 20 heavy (non-hydrogen) atoms. The Labute approximate surface area is 126 Å². The number of hydrogen-bond donors (Lipinski definition) is 2. The number of nitrogen functional groups attached to an aromatic ring is 1. The molecule has 106 valence electrons. The van der Waals surface area contributed by atoms with E-state index in [1.54, 1.807) is 29.9 Å². The molecular weight excluding hydrogens is 299 g/mol. The van der Waals surface area contributed by atoms with Crippen molar-refractivity contribution in [3.05, 3.63) is 45.2 Å². The second kappa shape index (κ2) is 5.73. The van der Waals surface area contributed by atoms with Gasteiger partial charge in [0.25, 0.3) is 0 Å². The van der Waals surface area contributed by atoms with Crippen LogP contribution in [0.3, 0.4) is 0 Å². The van der Waals surface area contributed by atoms with Gasteiger partial charge >= 0.3 is 0 Å². The molecule has 0 aliphatic rings. The number of nitrogens with two attached hydrogens (primary N) is 1. The molecule has 0 amide bonds. The summed E-state index contributed by atoms with van der Waals surface area (Å²) in [6.07, 6.45) is 0. The number of hydrogen-bond acceptors (Lipinski definition) is 3. The lowest BCUT2D eigenvalue weighted by Crippen LogP contribution is -2.14. The fourth-order valence-corrected chi connectivity index (χ4v) is 2.35. The van der Waals surface area contributed by atoms with Gasteiger partial charge in [-0.1, -0.05) is 29.3 Å². The van der Waals surface area contributed by atoms with E-state index in [0.717, 1.165) is 11.4 Å². The van der Waals surface area contributed by atoms with Crippen molar-refractivity contribution in [3.8, 4) is 5.75 Å². The van der Waals surface area contributed by atoms with Gasteiger partial charge in [0.15, 0.2) is 0 Å². The number of aromatic nitrogens is 2. The summed E-state index contributed by atoms with van der Waals surface area (Å²) in [7, 11) is 1.79. The first-order valence-corrected chi connectivity index (χ1v) is 6.61. The van der Waals surface area contributed by atoms with Crippen LogP contribution in [0.5, 0.6) is 5.75 Å². The molecule has 0 radical (unpaired) electrons. The Morgan fingerprint density at radius 3 is 2.70 bits per heavy atom.